The van der Waals surface area contributed by atoms with E-state index >= 15 is 0 Å². The Kier molecular flexibility index (Phi) is 2.65. The van der Waals surface area contributed by atoms with Gasteiger partial charge in [0.15, 0.2) is 0 Å². The molecule has 0 spiro atoms. The molecule has 1 atom stereocenters. The molecule has 0 aromatic rings. The van der Waals surface area contributed by atoms with Gasteiger partial charge in [0.1, 0.15) is 4.33 Å². The Hall–Kier alpha value is 0.0500. The van der Waals surface area contributed by atoms with Crippen LogP contribution in [0.2, 0.25) is 0 Å². The Morgan fingerprint density at radius 1 is 1.00 bits per heavy atom. The van der Waals surface area contributed by atoms with E-state index in [4.69, 9.17) is 23.2 Å². The third-order valence-electron chi connectivity index (χ3n) is 6.55. The highest BCUT2D eigenvalue weighted by Crippen LogP contribution is 2.69. The molecule has 5 saturated carbocycles. The minimum absolute atomic E-state index is 0.0639. The Balaban J connectivity index is 1.51. The van der Waals surface area contributed by atoms with Crippen LogP contribution in [0.3, 0.4) is 0 Å². The maximum absolute atomic E-state index is 12.6. The first-order valence-electron chi connectivity index (χ1n) is 7.93. The first kappa shape index (κ1) is 13.7. The molecule has 5 rings (SSSR count). The SMILES string of the molecule is CC1(C)C(C(=O)NC23CC4CC(CC(C4)C2)C3)C1(Cl)Cl. The number of alkyl halides is 2. The van der Waals surface area contributed by atoms with Gasteiger partial charge in [-0.1, -0.05) is 13.8 Å². The van der Waals surface area contributed by atoms with Crippen LogP contribution in [0.25, 0.3) is 0 Å². The molecule has 0 heterocycles. The highest BCUT2D eigenvalue weighted by Gasteiger charge is 2.74. The van der Waals surface area contributed by atoms with Gasteiger partial charge in [0, 0.05) is 11.0 Å². The fourth-order valence-electron chi connectivity index (χ4n) is 5.75. The fourth-order valence-corrected chi connectivity index (χ4v) is 6.60. The van der Waals surface area contributed by atoms with Gasteiger partial charge in [-0.15, -0.1) is 23.2 Å². The van der Waals surface area contributed by atoms with E-state index in [9.17, 15) is 4.79 Å². The molecular weight excluding hydrogens is 293 g/mol. The summed E-state index contributed by atoms with van der Waals surface area (Å²) >= 11 is 12.6. The number of rotatable bonds is 2. The lowest BCUT2D eigenvalue weighted by Gasteiger charge is -2.57. The highest BCUT2D eigenvalue weighted by molar-refractivity contribution is 6.53. The summed E-state index contributed by atoms with van der Waals surface area (Å²) in [6.45, 7) is 3.97. The number of hydrogen-bond acceptors (Lipinski definition) is 1. The van der Waals surface area contributed by atoms with Crippen molar-refractivity contribution < 1.29 is 4.79 Å². The zero-order valence-corrected chi connectivity index (χ0v) is 13.7. The molecule has 4 heteroatoms. The summed E-state index contributed by atoms with van der Waals surface area (Å²) in [5, 5.41) is 3.39. The van der Waals surface area contributed by atoms with Crippen molar-refractivity contribution >= 4 is 29.1 Å². The molecule has 2 nitrogen and oxygen atoms in total. The van der Waals surface area contributed by atoms with Crippen LogP contribution in [-0.4, -0.2) is 15.8 Å². The van der Waals surface area contributed by atoms with Crippen molar-refractivity contribution in [2.24, 2.45) is 29.1 Å². The maximum Gasteiger partial charge on any atom is 0.227 e. The molecule has 0 radical (unpaired) electrons. The summed E-state index contributed by atoms with van der Waals surface area (Å²) in [6, 6.07) is 0. The molecule has 20 heavy (non-hydrogen) atoms. The highest BCUT2D eigenvalue weighted by atomic mass is 35.5. The number of carbonyl (C=O) groups is 1. The van der Waals surface area contributed by atoms with Gasteiger partial charge in [-0.3, -0.25) is 4.79 Å². The Labute approximate surface area is 131 Å². The molecule has 0 saturated heterocycles. The Morgan fingerprint density at radius 3 is 1.75 bits per heavy atom. The van der Waals surface area contributed by atoms with Crippen molar-refractivity contribution in [3.05, 3.63) is 0 Å². The van der Waals surface area contributed by atoms with Crippen molar-refractivity contribution in [1.82, 2.24) is 5.32 Å². The number of amides is 1. The molecule has 0 aliphatic heterocycles. The quantitative estimate of drug-likeness (QED) is 0.769. The van der Waals surface area contributed by atoms with E-state index in [-0.39, 0.29) is 22.8 Å². The fraction of sp³-hybridized carbons (Fsp3) is 0.938. The van der Waals surface area contributed by atoms with Gasteiger partial charge in [-0.2, -0.15) is 0 Å². The molecular formula is C16H23Cl2NO. The van der Waals surface area contributed by atoms with Crippen LogP contribution < -0.4 is 5.32 Å². The predicted molar refractivity (Wildman–Crippen MR) is 80.8 cm³/mol. The summed E-state index contributed by atoms with van der Waals surface area (Å²) < 4.78 is -0.890. The lowest BCUT2D eigenvalue weighted by molar-refractivity contribution is -0.128. The zero-order valence-electron chi connectivity index (χ0n) is 12.2. The minimum Gasteiger partial charge on any atom is -0.350 e. The van der Waals surface area contributed by atoms with Gasteiger partial charge in [0.05, 0.1) is 5.92 Å². The van der Waals surface area contributed by atoms with Crippen molar-refractivity contribution in [1.29, 1.82) is 0 Å². The topological polar surface area (TPSA) is 29.1 Å². The maximum atomic E-state index is 12.6. The van der Waals surface area contributed by atoms with Crippen molar-refractivity contribution in [2.45, 2.75) is 62.2 Å². The lowest BCUT2D eigenvalue weighted by atomic mass is 9.53. The number of halogens is 2. The van der Waals surface area contributed by atoms with E-state index in [0.29, 0.717) is 0 Å². The van der Waals surface area contributed by atoms with Crippen LogP contribution in [-0.2, 0) is 4.79 Å². The average Bonchev–Trinajstić information content (AvgIpc) is 2.65. The first-order chi connectivity index (χ1) is 9.23. The van der Waals surface area contributed by atoms with E-state index < -0.39 is 4.33 Å². The normalized spacial score (nSPS) is 50.0. The predicted octanol–water partition coefficient (Wildman–Crippen LogP) is 3.90. The zero-order chi connectivity index (χ0) is 14.3. The van der Waals surface area contributed by atoms with Crippen LogP contribution in [0.15, 0.2) is 0 Å². The van der Waals surface area contributed by atoms with E-state index in [2.05, 4.69) is 5.32 Å². The second-order valence-electron chi connectivity index (χ2n) is 8.46. The van der Waals surface area contributed by atoms with Crippen LogP contribution in [0, 0.1) is 29.1 Å². The second kappa shape index (κ2) is 3.87. The standard InChI is InChI=1S/C16H23Cl2NO/c1-14(2)12(16(14,17)18)13(20)19-15-6-9-3-10(7-15)5-11(4-9)8-15/h9-12H,3-8H2,1-2H3,(H,19,20). The van der Waals surface area contributed by atoms with Gasteiger partial charge in [-0.25, -0.2) is 0 Å². The molecule has 112 valence electrons. The molecule has 0 aromatic heterocycles. The third kappa shape index (κ3) is 1.73. The molecule has 4 bridgehead atoms. The van der Waals surface area contributed by atoms with Crippen molar-refractivity contribution in [3.63, 3.8) is 0 Å². The van der Waals surface area contributed by atoms with E-state index in [1.54, 1.807) is 0 Å². The lowest BCUT2D eigenvalue weighted by Crippen LogP contribution is -2.60. The van der Waals surface area contributed by atoms with Gasteiger partial charge in [0.2, 0.25) is 5.91 Å². The third-order valence-corrected chi connectivity index (χ3v) is 7.96. The minimum atomic E-state index is -0.890. The van der Waals surface area contributed by atoms with E-state index in [1.807, 2.05) is 13.8 Å². The van der Waals surface area contributed by atoms with Crippen LogP contribution in [0.1, 0.15) is 52.4 Å². The molecule has 1 unspecified atom stereocenters. The summed E-state index contributed by atoms with van der Waals surface area (Å²) in [4.78, 5) is 12.6. The first-order valence-corrected chi connectivity index (χ1v) is 8.69. The van der Waals surface area contributed by atoms with Gasteiger partial charge in [0.25, 0.3) is 0 Å². The van der Waals surface area contributed by atoms with Crippen LogP contribution in [0.5, 0.6) is 0 Å². The van der Waals surface area contributed by atoms with E-state index in [1.165, 1.54) is 38.5 Å². The Morgan fingerprint density at radius 2 is 1.40 bits per heavy atom. The summed E-state index contributed by atoms with van der Waals surface area (Å²) in [5.74, 6) is 2.34. The summed E-state index contributed by atoms with van der Waals surface area (Å²) in [7, 11) is 0. The molecule has 5 fully saturated rings. The molecule has 1 amide bonds. The van der Waals surface area contributed by atoms with Crippen molar-refractivity contribution in [2.75, 3.05) is 0 Å². The smallest absolute Gasteiger partial charge is 0.227 e. The number of carbonyl (C=O) groups excluding carboxylic acids is 1. The Bertz CT molecular complexity index is 422. The molecule has 0 aromatic carbocycles. The summed E-state index contributed by atoms with van der Waals surface area (Å²) in [6.07, 6.45) is 7.69. The van der Waals surface area contributed by atoms with Gasteiger partial charge < -0.3 is 5.32 Å². The summed E-state index contributed by atoms with van der Waals surface area (Å²) in [5.41, 5.74) is -0.239. The number of hydrogen-bond donors (Lipinski definition) is 1. The molecule has 5 aliphatic rings. The molecule has 1 N–H and O–H groups in total. The van der Waals surface area contributed by atoms with Gasteiger partial charge >= 0.3 is 0 Å². The number of nitrogens with one attached hydrogen (secondary N) is 1. The van der Waals surface area contributed by atoms with Gasteiger partial charge in [-0.05, 0) is 56.3 Å². The second-order valence-corrected chi connectivity index (χ2v) is 9.85. The largest absolute Gasteiger partial charge is 0.350 e. The van der Waals surface area contributed by atoms with E-state index in [0.717, 1.165) is 17.8 Å². The van der Waals surface area contributed by atoms with Crippen molar-refractivity contribution in [3.8, 4) is 0 Å². The van der Waals surface area contributed by atoms with Crippen LogP contribution in [0.4, 0.5) is 0 Å². The molecule has 5 aliphatic carbocycles. The monoisotopic (exact) mass is 315 g/mol. The van der Waals surface area contributed by atoms with Crippen LogP contribution >= 0.6 is 23.2 Å². The average molecular weight is 316 g/mol.